The molecule has 1 atom stereocenters. The van der Waals surface area contributed by atoms with Crippen molar-refractivity contribution in [3.63, 3.8) is 0 Å². The van der Waals surface area contributed by atoms with Gasteiger partial charge in [-0.05, 0) is 59.2 Å². The van der Waals surface area contributed by atoms with Gasteiger partial charge in [0.1, 0.15) is 5.69 Å². The van der Waals surface area contributed by atoms with Gasteiger partial charge in [0.05, 0.1) is 12.2 Å². The first-order chi connectivity index (χ1) is 16.9. The van der Waals surface area contributed by atoms with Gasteiger partial charge in [-0.2, -0.15) is 0 Å². The third-order valence-electron chi connectivity index (χ3n) is 6.55. The first kappa shape index (κ1) is 24.3. The average molecular weight is 473 g/mol. The van der Waals surface area contributed by atoms with Crippen molar-refractivity contribution in [3.8, 4) is 22.5 Å². The van der Waals surface area contributed by atoms with Crippen LogP contribution in [0.3, 0.4) is 0 Å². The van der Waals surface area contributed by atoms with Crippen LogP contribution in [0.2, 0.25) is 0 Å². The summed E-state index contributed by atoms with van der Waals surface area (Å²) in [5.74, 6) is 1.09. The van der Waals surface area contributed by atoms with Gasteiger partial charge >= 0.3 is 5.69 Å². The van der Waals surface area contributed by atoms with E-state index in [1.54, 1.807) is 9.13 Å². The zero-order valence-electron chi connectivity index (χ0n) is 20.7. The maximum Gasteiger partial charge on any atom is 0.329 e. The van der Waals surface area contributed by atoms with Gasteiger partial charge in [-0.3, -0.25) is 13.9 Å². The van der Waals surface area contributed by atoms with Crippen LogP contribution in [0.1, 0.15) is 68.3 Å². The van der Waals surface area contributed by atoms with E-state index in [1.807, 2.05) is 62.4 Å². The molecule has 0 radical (unpaired) electrons. The highest BCUT2D eigenvalue weighted by atomic mass is 16.2. The van der Waals surface area contributed by atoms with E-state index in [9.17, 15) is 9.59 Å². The number of nitrogens with zero attached hydrogens (tertiary/aromatic N) is 5. The third-order valence-corrected chi connectivity index (χ3v) is 6.55. The predicted octanol–water partition coefficient (Wildman–Crippen LogP) is 4.92. The molecule has 2 aromatic carbocycles. The molecule has 0 aliphatic rings. The molecule has 35 heavy (non-hydrogen) atoms. The number of H-pyrrole nitrogens is 1. The monoisotopic (exact) mass is 472 g/mol. The Morgan fingerprint density at radius 3 is 2.34 bits per heavy atom. The van der Waals surface area contributed by atoms with Crippen molar-refractivity contribution in [2.75, 3.05) is 0 Å². The molecule has 0 amide bonds. The minimum Gasteiger partial charge on any atom is -0.296 e. The summed E-state index contributed by atoms with van der Waals surface area (Å²) >= 11 is 0. The largest absolute Gasteiger partial charge is 0.329 e. The highest BCUT2D eigenvalue weighted by Crippen LogP contribution is 2.30. The Morgan fingerprint density at radius 2 is 1.74 bits per heavy atom. The predicted molar refractivity (Wildman–Crippen MR) is 136 cm³/mol. The maximum absolute atomic E-state index is 13.4. The number of imidazole rings is 1. The molecule has 1 N–H and O–H groups in total. The number of aromatic amines is 1. The molecule has 2 heterocycles. The Morgan fingerprint density at radius 1 is 1.03 bits per heavy atom. The molecular formula is C27H32N6O2. The summed E-state index contributed by atoms with van der Waals surface area (Å²) in [5, 5.41) is 14.3. The number of tetrazole rings is 1. The number of carbonyl (C=O) groups excluding carboxylic acids is 1. The molecule has 182 valence electrons. The Labute approximate surface area is 205 Å². The normalized spacial score (nSPS) is 12.3. The van der Waals surface area contributed by atoms with E-state index >= 15 is 0 Å². The van der Waals surface area contributed by atoms with Crippen LogP contribution in [0.4, 0.5) is 0 Å². The molecule has 1 unspecified atom stereocenters. The van der Waals surface area contributed by atoms with Crippen molar-refractivity contribution < 1.29 is 4.79 Å². The molecule has 0 saturated heterocycles. The van der Waals surface area contributed by atoms with E-state index in [4.69, 9.17) is 0 Å². The van der Waals surface area contributed by atoms with Gasteiger partial charge < -0.3 is 0 Å². The van der Waals surface area contributed by atoms with Crippen LogP contribution in [-0.2, 0) is 13.0 Å². The summed E-state index contributed by atoms with van der Waals surface area (Å²) in [4.78, 5) is 25.5. The van der Waals surface area contributed by atoms with Gasteiger partial charge in [0.2, 0.25) is 0 Å². The van der Waals surface area contributed by atoms with E-state index in [2.05, 4.69) is 34.5 Å². The Bertz CT molecular complexity index is 1330. The molecule has 2 aromatic heterocycles. The van der Waals surface area contributed by atoms with Gasteiger partial charge in [0, 0.05) is 11.6 Å². The zero-order valence-corrected chi connectivity index (χ0v) is 20.7. The summed E-state index contributed by atoms with van der Waals surface area (Å²) in [7, 11) is 0. The number of rotatable bonds is 10. The standard InChI is InChI=1S/C27H32N6O2/c1-5-19(4)33-25(17-34)24(15-10-18(2)3)32(27(33)35)16-20-11-13-21(14-12-20)22-8-6-7-9-23(22)26-28-30-31-29-26/h6-9,11-14,17-19H,5,10,15-16H2,1-4H3,(H,28,29,30,31). The minimum atomic E-state index is -0.118. The Balaban J connectivity index is 1.69. The quantitative estimate of drug-likeness (QED) is 0.330. The van der Waals surface area contributed by atoms with E-state index in [0.29, 0.717) is 30.4 Å². The van der Waals surface area contributed by atoms with Crippen molar-refractivity contribution in [1.82, 2.24) is 29.8 Å². The Hall–Kier alpha value is -3.81. The molecule has 0 aliphatic carbocycles. The molecule has 0 bridgehead atoms. The van der Waals surface area contributed by atoms with Crippen LogP contribution in [0.5, 0.6) is 0 Å². The van der Waals surface area contributed by atoms with Gasteiger partial charge in [-0.25, -0.2) is 9.89 Å². The smallest absolute Gasteiger partial charge is 0.296 e. The molecule has 4 rings (SSSR count). The lowest BCUT2D eigenvalue weighted by Crippen LogP contribution is -2.28. The molecule has 0 spiro atoms. The SMILES string of the molecule is CCC(C)n1c(C=O)c(CCC(C)C)n(Cc2ccc(-c3ccccc3-c3nnn[nH]3)cc2)c1=O. The van der Waals surface area contributed by atoms with E-state index in [1.165, 1.54) is 0 Å². The lowest BCUT2D eigenvalue weighted by atomic mass is 9.98. The lowest BCUT2D eigenvalue weighted by molar-refractivity contribution is 0.111. The van der Waals surface area contributed by atoms with Crippen LogP contribution in [-0.4, -0.2) is 36.0 Å². The van der Waals surface area contributed by atoms with Crippen molar-refractivity contribution in [2.24, 2.45) is 5.92 Å². The Kier molecular flexibility index (Phi) is 7.39. The third kappa shape index (κ3) is 5.01. The second kappa shape index (κ2) is 10.6. The highest BCUT2D eigenvalue weighted by molar-refractivity contribution is 5.80. The number of aldehydes is 1. The molecule has 0 aliphatic heterocycles. The van der Waals surface area contributed by atoms with Gasteiger partial charge in [-0.15, -0.1) is 5.10 Å². The van der Waals surface area contributed by atoms with Crippen LogP contribution < -0.4 is 5.69 Å². The number of benzene rings is 2. The molecular weight excluding hydrogens is 440 g/mol. The lowest BCUT2D eigenvalue weighted by Gasteiger charge is -2.11. The summed E-state index contributed by atoms with van der Waals surface area (Å²) in [5.41, 5.74) is 5.17. The second-order valence-electron chi connectivity index (χ2n) is 9.37. The summed E-state index contributed by atoms with van der Waals surface area (Å²) in [6.45, 7) is 8.74. The highest BCUT2D eigenvalue weighted by Gasteiger charge is 2.22. The fraction of sp³-hybridized carbons (Fsp3) is 0.370. The second-order valence-corrected chi connectivity index (χ2v) is 9.37. The topological polar surface area (TPSA) is 98.5 Å². The van der Waals surface area contributed by atoms with Crippen molar-refractivity contribution in [1.29, 1.82) is 0 Å². The number of hydrogen-bond acceptors (Lipinski definition) is 5. The number of aromatic nitrogens is 6. The number of hydrogen-bond donors (Lipinski definition) is 1. The van der Waals surface area contributed by atoms with Crippen molar-refractivity contribution in [2.45, 2.75) is 59.5 Å². The fourth-order valence-electron chi connectivity index (χ4n) is 4.40. The fourth-order valence-corrected chi connectivity index (χ4v) is 4.40. The van der Waals surface area contributed by atoms with Crippen LogP contribution in [0.25, 0.3) is 22.5 Å². The van der Waals surface area contributed by atoms with Gasteiger partial charge in [0.25, 0.3) is 0 Å². The summed E-state index contributed by atoms with van der Waals surface area (Å²) in [6.07, 6.45) is 3.24. The molecule has 8 nitrogen and oxygen atoms in total. The van der Waals surface area contributed by atoms with Crippen LogP contribution >= 0.6 is 0 Å². The average Bonchev–Trinajstić information content (AvgIpc) is 3.50. The van der Waals surface area contributed by atoms with E-state index in [0.717, 1.165) is 47.1 Å². The van der Waals surface area contributed by atoms with Crippen molar-refractivity contribution >= 4 is 6.29 Å². The minimum absolute atomic E-state index is 0.0359. The zero-order chi connectivity index (χ0) is 24.9. The van der Waals surface area contributed by atoms with Crippen LogP contribution in [0, 0.1) is 5.92 Å². The summed E-state index contributed by atoms with van der Waals surface area (Å²) in [6, 6.07) is 16.1. The maximum atomic E-state index is 13.4. The van der Waals surface area contributed by atoms with Crippen molar-refractivity contribution in [3.05, 3.63) is 76.0 Å². The molecule has 0 saturated carbocycles. The first-order valence-corrected chi connectivity index (χ1v) is 12.2. The summed E-state index contributed by atoms with van der Waals surface area (Å²) < 4.78 is 3.44. The molecule has 0 fully saturated rings. The van der Waals surface area contributed by atoms with E-state index < -0.39 is 0 Å². The van der Waals surface area contributed by atoms with Gasteiger partial charge in [-0.1, -0.05) is 69.3 Å². The molecule has 4 aromatic rings. The van der Waals surface area contributed by atoms with E-state index in [-0.39, 0.29) is 11.7 Å². The first-order valence-electron chi connectivity index (χ1n) is 12.2. The molecule has 8 heteroatoms. The number of carbonyl (C=O) groups is 1. The van der Waals surface area contributed by atoms with Crippen LogP contribution in [0.15, 0.2) is 53.3 Å². The van der Waals surface area contributed by atoms with Gasteiger partial charge in [0.15, 0.2) is 12.1 Å². The number of nitrogens with one attached hydrogen (secondary N) is 1.